The topological polar surface area (TPSA) is 116 Å². The number of fused-ring (bicyclic) bond motifs is 1. The van der Waals surface area contributed by atoms with E-state index in [0.717, 1.165) is 31.6 Å². The largest absolute Gasteiger partial charge is 0.353 e. The number of H-pyrrole nitrogens is 1. The number of anilines is 1. The minimum atomic E-state index is -0.369. The molecular weight excluding hydrogens is 388 g/mol. The van der Waals surface area contributed by atoms with E-state index in [1.165, 1.54) is 10.8 Å². The lowest BCUT2D eigenvalue weighted by molar-refractivity contribution is -0.163. The van der Waals surface area contributed by atoms with Crippen LogP contribution in [0.25, 0.3) is 10.9 Å². The fraction of sp³-hybridized carbons (Fsp3) is 0.500. The second kappa shape index (κ2) is 8.41. The van der Waals surface area contributed by atoms with Crippen LogP contribution in [0.1, 0.15) is 41.0 Å². The maximum absolute atomic E-state index is 12.8. The molecule has 1 aliphatic rings. The molecule has 10 heteroatoms. The number of nitrogens with one attached hydrogen (secondary N) is 2. The SMILES string of the molecule is Cc1c(C(=O)Nc2n[nH]c3cc(C)n(C)c(=O)c23)cnn1CCOC1CCCCO1. The van der Waals surface area contributed by atoms with Gasteiger partial charge in [-0.3, -0.25) is 19.4 Å². The fourth-order valence-electron chi connectivity index (χ4n) is 3.58. The molecule has 160 valence electrons. The molecule has 1 aliphatic heterocycles. The minimum absolute atomic E-state index is 0.156. The summed E-state index contributed by atoms with van der Waals surface area (Å²) in [5.41, 5.74) is 2.30. The van der Waals surface area contributed by atoms with E-state index in [-0.39, 0.29) is 23.6 Å². The quantitative estimate of drug-likeness (QED) is 0.636. The van der Waals surface area contributed by atoms with Crippen molar-refractivity contribution in [3.63, 3.8) is 0 Å². The summed E-state index contributed by atoms with van der Waals surface area (Å²) in [4.78, 5) is 25.4. The number of amides is 1. The highest BCUT2D eigenvalue weighted by Crippen LogP contribution is 2.19. The summed E-state index contributed by atoms with van der Waals surface area (Å²) >= 11 is 0. The first-order valence-electron chi connectivity index (χ1n) is 10.1. The summed E-state index contributed by atoms with van der Waals surface area (Å²) < 4.78 is 14.5. The van der Waals surface area contributed by atoms with Gasteiger partial charge in [-0.25, -0.2) is 0 Å². The van der Waals surface area contributed by atoms with Gasteiger partial charge in [-0.05, 0) is 39.2 Å². The summed E-state index contributed by atoms with van der Waals surface area (Å²) in [6.45, 7) is 5.37. The molecule has 3 aromatic heterocycles. The summed E-state index contributed by atoms with van der Waals surface area (Å²) in [5, 5.41) is 14.3. The van der Waals surface area contributed by atoms with Gasteiger partial charge >= 0.3 is 0 Å². The molecule has 0 bridgehead atoms. The molecule has 2 N–H and O–H groups in total. The molecule has 0 radical (unpaired) electrons. The number of ether oxygens (including phenoxy) is 2. The van der Waals surface area contributed by atoms with Crippen molar-refractivity contribution in [2.24, 2.45) is 7.05 Å². The summed E-state index contributed by atoms with van der Waals surface area (Å²) in [5.74, 6) is -0.160. The van der Waals surface area contributed by atoms with E-state index < -0.39 is 0 Å². The van der Waals surface area contributed by atoms with Crippen molar-refractivity contribution < 1.29 is 14.3 Å². The van der Waals surface area contributed by atoms with Crippen LogP contribution in [-0.2, 0) is 23.1 Å². The predicted molar refractivity (Wildman–Crippen MR) is 111 cm³/mol. The molecule has 1 saturated heterocycles. The van der Waals surface area contributed by atoms with E-state index >= 15 is 0 Å². The van der Waals surface area contributed by atoms with Gasteiger partial charge in [-0.2, -0.15) is 10.2 Å². The molecule has 1 unspecified atom stereocenters. The van der Waals surface area contributed by atoms with Crippen molar-refractivity contribution >= 4 is 22.6 Å². The number of aryl methyl sites for hydroxylation is 1. The highest BCUT2D eigenvalue weighted by Gasteiger charge is 2.19. The first kappa shape index (κ1) is 20.3. The third-order valence-electron chi connectivity index (χ3n) is 5.52. The Labute approximate surface area is 173 Å². The Morgan fingerprint density at radius 2 is 2.23 bits per heavy atom. The van der Waals surface area contributed by atoms with E-state index in [2.05, 4.69) is 20.6 Å². The number of rotatable bonds is 6. The lowest BCUT2D eigenvalue weighted by Crippen LogP contribution is -2.24. The van der Waals surface area contributed by atoms with Gasteiger partial charge in [0.15, 0.2) is 12.1 Å². The molecule has 1 fully saturated rings. The number of hydrogen-bond acceptors (Lipinski definition) is 6. The average molecular weight is 414 g/mol. The first-order valence-corrected chi connectivity index (χ1v) is 10.1. The van der Waals surface area contributed by atoms with Crippen LogP contribution in [0, 0.1) is 13.8 Å². The monoisotopic (exact) mass is 414 g/mol. The molecule has 4 heterocycles. The fourth-order valence-corrected chi connectivity index (χ4v) is 3.58. The molecule has 0 spiro atoms. The van der Waals surface area contributed by atoms with E-state index in [0.29, 0.717) is 35.3 Å². The highest BCUT2D eigenvalue weighted by molar-refractivity contribution is 6.08. The van der Waals surface area contributed by atoms with Gasteiger partial charge in [0.25, 0.3) is 11.5 Å². The number of carbonyl (C=O) groups excluding carboxylic acids is 1. The Morgan fingerprint density at radius 1 is 1.40 bits per heavy atom. The highest BCUT2D eigenvalue weighted by atomic mass is 16.7. The molecule has 4 rings (SSSR count). The molecule has 1 amide bonds. The van der Waals surface area contributed by atoms with Crippen LogP contribution in [0.4, 0.5) is 5.82 Å². The lowest BCUT2D eigenvalue weighted by atomic mass is 10.2. The van der Waals surface area contributed by atoms with Gasteiger partial charge in [-0.1, -0.05) is 0 Å². The Balaban J connectivity index is 1.45. The molecule has 0 aromatic carbocycles. The van der Waals surface area contributed by atoms with Gasteiger partial charge in [-0.15, -0.1) is 0 Å². The lowest BCUT2D eigenvalue weighted by Gasteiger charge is -2.22. The van der Waals surface area contributed by atoms with Crippen LogP contribution in [-0.4, -0.2) is 50.0 Å². The van der Waals surface area contributed by atoms with E-state index in [9.17, 15) is 9.59 Å². The zero-order chi connectivity index (χ0) is 21.3. The number of aromatic nitrogens is 5. The van der Waals surface area contributed by atoms with Crippen molar-refractivity contribution in [2.75, 3.05) is 18.5 Å². The molecule has 3 aromatic rings. The minimum Gasteiger partial charge on any atom is -0.353 e. The summed E-state index contributed by atoms with van der Waals surface area (Å²) in [6.07, 6.45) is 4.45. The van der Waals surface area contributed by atoms with Crippen molar-refractivity contribution in [3.05, 3.63) is 39.6 Å². The van der Waals surface area contributed by atoms with Crippen LogP contribution in [0.3, 0.4) is 0 Å². The van der Waals surface area contributed by atoms with Gasteiger partial charge < -0.3 is 19.4 Å². The Bertz CT molecular complexity index is 1120. The first-order chi connectivity index (χ1) is 14.5. The predicted octanol–water partition coefficient (Wildman–Crippen LogP) is 1.87. The van der Waals surface area contributed by atoms with Crippen LogP contribution < -0.4 is 10.9 Å². The Morgan fingerprint density at radius 3 is 3.00 bits per heavy atom. The van der Waals surface area contributed by atoms with Crippen LogP contribution in [0.15, 0.2) is 17.1 Å². The third kappa shape index (κ3) is 3.88. The van der Waals surface area contributed by atoms with Gasteiger partial charge in [0.2, 0.25) is 0 Å². The molecular formula is C20H26N6O4. The van der Waals surface area contributed by atoms with Crippen LogP contribution in [0.2, 0.25) is 0 Å². The summed E-state index contributed by atoms with van der Waals surface area (Å²) in [6, 6.07) is 1.82. The second-order valence-corrected chi connectivity index (χ2v) is 7.50. The average Bonchev–Trinajstić information content (AvgIpc) is 3.30. The molecule has 0 saturated carbocycles. The van der Waals surface area contributed by atoms with Gasteiger partial charge in [0, 0.05) is 25.0 Å². The van der Waals surface area contributed by atoms with Crippen LogP contribution >= 0.6 is 0 Å². The zero-order valence-electron chi connectivity index (χ0n) is 17.4. The van der Waals surface area contributed by atoms with E-state index in [4.69, 9.17) is 9.47 Å². The third-order valence-corrected chi connectivity index (χ3v) is 5.52. The Hall–Kier alpha value is -2.98. The standard InChI is InChI=1S/C20H26N6O4/c1-12-10-15-17(20(28)25(12)3)18(24-23-15)22-19(27)14-11-21-26(13(14)2)7-9-30-16-6-4-5-8-29-16/h10-11,16H,4-9H2,1-3H3,(H2,22,23,24,27). The molecule has 1 atom stereocenters. The van der Waals surface area contributed by atoms with Crippen molar-refractivity contribution in [1.29, 1.82) is 0 Å². The maximum atomic E-state index is 12.8. The normalized spacial score (nSPS) is 16.8. The van der Waals surface area contributed by atoms with Crippen LogP contribution in [0.5, 0.6) is 0 Å². The number of pyridine rings is 1. The van der Waals surface area contributed by atoms with E-state index in [1.807, 2.05) is 19.9 Å². The number of nitrogens with zero attached hydrogens (tertiary/aromatic N) is 4. The van der Waals surface area contributed by atoms with Crippen molar-refractivity contribution in [1.82, 2.24) is 24.5 Å². The number of hydrogen-bond donors (Lipinski definition) is 2. The van der Waals surface area contributed by atoms with E-state index in [1.54, 1.807) is 11.7 Å². The molecule has 30 heavy (non-hydrogen) atoms. The molecule has 0 aliphatic carbocycles. The number of aromatic amines is 1. The number of carbonyl (C=O) groups is 1. The maximum Gasteiger partial charge on any atom is 0.263 e. The smallest absolute Gasteiger partial charge is 0.263 e. The second-order valence-electron chi connectivity index (χ2n) is 7.50. The van der Waals surface area contributed by atoms with Crippen molar-refractivity contribution in [2.45, 2.75) is 45.9 Å². The Kier molecular flexibility index (Phi) is 5.69. The van der Waals surface area contributed by atoms with Crippen molar-refractivity contribution in [3.8, 4) is 0 Å². The molecule has 10 nitrogen and oxygen atoms in total. The zero-order valence-corrected chi connectivity index (χ0v) is 17.4. The van der Waals surface area contributed by atoms with Gasteiger partial charge in [0.05, 0.1) is 30.4 Å². The van der Waals surface area contributed by atoms with Gasteiger partial charge in [0.1, 0.15) is 5.39 Å². The summed E-state index contributed by atoms with van der Waals surface area (Å²) in [7, 11) is 1.68.